The largest absolute Gasteiger partial charge is 0.353 e. The molecule has 0 aromatic carbocycles. The molecule has 0 bridgehead atoms. The van der Waals surface area contributed by atoms with E-state index in [1.165, 1.54) is 0 Å². The number of nitrogens with one attached hydrogen (secondary N) is 1. The molecule has 1 aliphatic carbocycles. The van der Waals surface area contributed by atoms with Gasteiger partial charge in [-0.05, 0) is 19.3 Å². The quantitative estimate of drug-likeness (QED) is 0.681. The first-order chi connectivity index (χ1) is 6.06. The molecule has 1 fully saturated rings. The van der Waals surface area contributed by atoms with Crippen molar-refractivity contribution in [2.24, 2.45) is 17.6 Å². The standard InChI is InChI=1S/C10H20N2O/c1-4-6(2)7(3)12-10(13)8-5-9(8)11/h6-9H,4-5,11H2,1-3H3,(H,12,13). The lowest BCUT2D eigenvalue weighted by molar-refractivity contribution is -0.123. The minimum Gasteiger partial charge on any atom is -0.353 e. The number of hydrogen-bond donors (Lipinski definition) is 2. The molecule has 1 aliphatic rings. The van der Waals surface area contributed by atoms with Crippen LogP contribution in [0.3, 0.4) is 0 Å². The van der Waals surface area contributed by atoms with Gasteiger partial charge in [0, 0.05) is 12.1 Å². The molecular formula is C10H20N2O. The maximum absolute atomic E-state index is 11.5. The molecule has 0 saturated heterocycles. The lowest BCUT2D eigenvalue weighted by Gasteiger charge is -2.19. The Balaban J connectivity index is 2.27. The van der Waals surface area contributed by atoms with E-state index in [0.29, 0.717) is 5.92 Å². The highest BCUT2D eigenvalue weighted by molar-refractivity contribution is 5.82. The molecule has 0 aliphatic heterocycles. The molecule has 1 rings (SSSR count). The zero-order chi connectivity index (χ0) is 10.0. The van der Waals surface area contributed by atoms with E-state index in [-0.39, 0.29) is 23.9 Å². The Morgan fingerprint density at radius 3 is 2.54 bits per heavy atom. The van der Waals surface area contributed by atoms with E-state index >= 15 is 0 Å². The molecule has 4 atom stereocenters. The first-order valence-corrected chi connectivity index (χ1v) is 5.12. The fourth-order valence-electron chi connectivity index (χ4n) is 1.34. The molecule has 1 saturated carbocycles. The first kappa shape index (κ1) is 10.5. The molecule has 13 heavy (non-hydrogen) atoms. The summed E-state index contributed by atoms with van der Waals surface area (Å²) in [5.41, 5.74) is 5.59. The van der Waals surface area contributed by atoms with Gasteiger partial charge in [0.2, 0.25) is 5.91 Å². The molecule has 0 radical (unpaired) electrons. The first-order valence-electron chi connectivity index (χ1n) is 5.12. The summed E-state index contributed by atoms with van der Waals surface area (Å²) in [4.78, 5) is 11.5. The molecule has 76 valence electrons. The van der Waals surface area contributed by atoms with Crippen LogP contribution in [0.25, 0.3) is 0 Å². The van der Waals surface area contributed by atoms with Gasteiger partial charge in [-0.3, -0.25) is 4.79 Å². The van der Waals surface area contributed by atoms with Gasteiger partial charge < -0.3 is 11.1 Å². The van der Waals surface area contributed by atoms with Gasteiger partial charge in [0.15, 0.2) is 0 Å². The second-order valence-corrected chi connectivity index (χ2v) is 4.19. The van der Waals surface area contributed by atoms with Crippen LogP contribution in [0, 0.1) is 11.8 Å². The summed E-state index contributed by atoms with van der Waals surface area (Å²) in [5.74, 6) is 0.769. The lowest BCUT2D eigenvalue weighted by atomic mass is 10.0. The number of amides is 1. The smallest absolute Gasteiger partial charge is 0.224 e. The van der Waals surface area contributed by atoms with Crippen LogP contribution in [0.4, 0.5) is 0 Å². The van der Waals surface area contributed by atoms with E-state index in [9.17, 15) is 4.79 Å². The van der Waals surface area contributed by atoms with Gasteiger partial charge in [-0.2, -0.15) is 0 Å². The van der Waals surface area contributed by atoms with Crippen molar-refractivity contribution in [3.05, 3.63) is 0 Å². The highest BCUT2D eigenvalue weighted by Crippen LogP contribution is 2.28. The predicted octanol–water partition coefficient (Wildman–Crippen LogP) is 0.884. The van der Waals surface area contributed by atoms with Gasteiger partial charge in [0.25, 0.3) is 0 Å². The minimum atomic E-state index is 0.0894. The summed E-state index contributed by atoms with van der Waals surface area (Å²) in [5, 5.41) is 3.00. The molecule has 0 aromatic rings. The van der Waals surface area contributed by atoms with Crippen LogP contribution in [0.1, 0.15) is 33.6 Å². The number of nitrogens with two attached hydrogens (primary N) is 1. The zero-order valence-corrected chi connectivity index (χ0v) is 8.71. The fraction of sp³-hybridized carbons (Fsp3) is 0.900. The minimum absolute atomic E-state index is 0.0894. The number of rotatable bonds is 4. The van der Waals surface area contributed by atoms with Crippen molar-refractivity contribution in [1.82, 2.24) is 5.32 Å². The number of carbonyl (C=O) groups is 1. The average molecular weight is 184 g/mol. The molecule has 3 nitrogen and oxygen atoms in total. The van der Waals surface area contributed by atoms with Crippen molar-refractivity contribution in [3.8, 4) is 0 Å². The topological polar surface area (TPSA) is 55.1 Å². The average Bonchev–Trinajstić information content (AvgIpc) is 2.81. The van der Waals surface area contributed by atoms with Gasteiger partial charge in [0.1, 0.15) is 0 Å². The Bertz CT molecular complexity index is 193. The van der Waals surface area contributed by atoms with Crippen molar-refractivity contribution in [3.63, 3.8) is 0 Å². The van der Waals surface area contributed by atoms with E-state index in [1.54, 1.807) is 0 Å². The Morgan fingerprint density at radius 2 is 2.15 bits per heavy atom. The molecule has 4 unspecified atom stereocenters. The van der Waals surface area contributed by atoms with E-state index in [2.05, 4.69) is 26.1 Å². The van der Waals surface area contributed by atoms with E-state index in [1.807, 2.05) is 0 Å². The van der Waals surface area contributed by atoms with Crippen LogP contribution in [0.2, 0.25) is 0 Å². The second-order valence-electron chi connectivity index (χ2n) is 4.19. The third-order valence-electron chi connectivity index (χ3n) is 3.04. The van der Waals surface area contributed by atoms with Crippen molar-refractivity contribution in [1.29, 1.82) is 0 Å². The van der Waals surface area contributed by atoms with E-state index in [4.69, 9.17) is 5.73 Å². The van der Waals surface area contributed by atoms with E-state index in [0.717, 1.165) is 12.8 Å². The van der Waals surface area contributed by atoms with Crippen molar-refractivity contribution < 1.29 is 4.79 Å². The van der Waals surface area contributed by atoms with Crippen LogP contribution in [0.15, 0.2) is 0 Å². The monoisotopic (exact) mass is 184 g/mol. The Kier molecular flexibility index (Phi) is 3.31. The highest BCUT2D eigenvalue weighted by Gasteiger charge is 2.40. The zero-order valence-electron chi connectivity index (χ0n) is 8.71. The van der Waals surface area contributed by atoms with Gasteiger partial charge >= 0.3 is 0 Å². The number of carbonyl (C=O) groups excluding carboxylic acids is 1. The van der Waals surface area contributed by atoms with E-state index < -0.39 is 0 Å². The third-order valence-corrected chi connectivity index (χ3v) is 3.04. The molecule has 3 N–H and O–H groups in total. The van der Waals surface area contributed by atoms with Crippen LogP contribution < -0.4 is 11.1 Å². The highest BCUT2D eigenvalue weighted by atomic mass is 16.2. The maximum atomic E-state index is 11.5. The van der Waals surface area contributed by atoms with Crippen LogP contribution in [-0.2, 0) is 4.79 Å². The molecule has 0 spiro atoms. The molecule has 3 heteroatoms. The van der Waals surface area contributed by atoms with Gasteiger partial charge in [-0.25, -0.2) is 0 Å². The molecule has 1 amide bonds. The van der Waals surface area contributed by atoms with Crippen molar-refractivity contribution in [2.75, 3.05) is 0 Å². The normalized spacial score (nSPS) is 30.8. The summed E-state index contributed by atoms with van der Waals surface area (Å²) in [7, 11) is 0. The summed E-state index contributed by atoms with van der Waals surface area (Å²) < 4.78 is 0. The van der Waals surface area contributed by atoms with Crippen LogP contribution in [0.5, 0.6) is 0 Å². The summed E-state index contributed by atoms with van der Waals surface area (Å²) in [6.07, 6.45) is 1.96. The predicted molar refractivity (Wildman–Crippen MR) is 53.1 cm³/mol. The second kappa shape index (κ2) is 4.09. The van der Waals surface area contributed by atoms with Crippen LogP contribution in [-0.4, -0.2) is 18.0 Å². The van der Waals surface area contributed by atoms with Crippen molar-refractivity contribution >= 4 is 5.91 Å². The fourth-order valence-corrected chi connectivity index (χ4v) is 1.34. The molecule has 0 heterocycles. The molecular weight excluding hydrogens is 164 g/mol. The maximum Gasteiger partial charge on any atom is 0.224 e. The van der Waals surface area contributed by atoms with Gasteiger partial charge in [0.05, 0.1) is 5.92 Å². The summed E-state index contributed by atoms with van der Waals surface area (Å²) >= 11 is 0. The lowest BCUT2D eigenvalue weighted by Crippen LogP contribution is -2.38. The Labute approximate surface area is 80.1 Å². The number of hydrogen-bond acceptors (Lipinski definition) is 2. The molecule has 0 aromatic heterocycles. The van der Waals surface area contributed by atoms with Crippen molar-refractivity contribution in [2.45, 2.75) is 45.7 Å². The Morgan fingerprint density at radius 1 is 1.62 bits per heavy atom. The SMILES string of the molecule is CCC(C)C(C)NC(=O)C1CC1N. The third kappa shape index (κ3) is 2.69. The Hall–Kier alpha value is -0.570. The van der Waals surface area contributed by atoms with Gasteiger partial charge in [-0.15, -0.1) is 0 Å². The summed E-state index contributed by atoms with van der Waals surface area (Å²) in [6.45, 7) is 6.34. The van der Waals surface area contributed by atoms with Gasteiger partial charge in [-0.1, -0.05) is 20.3 Å². The van der Waals surface area contributed by atoms with Crippen LogP contribution >= 0.6 is 0 Å². The summed E-state index contributed by atoms with van der Waals surface area (Å²) in [6, 6.07) is 0.384.